The van der Waals surface area contributed by atoms with Crippen LogP contribution in [-0.2, 0) is 67.1 Å². The standard InChI is InChI=1S/C33H58N8O10S.C29H50N8O10S/c34-8-4-2-5-9-35-27(42)7-3-1-6-20-52-26-21-29(44)41(33(26)51)11-10-36-28(43)22-37-12-14-38(23-30(45)46)16-18-40(25-32(49)50)19-17-39(15-13-37)24-31(47)48;30-4-2-1-3-5-31-24(39)21-48-22-16-25(40)37(29(22)47)7-6-32-23(38)17-33-8-10-34(18-26(41)42)12-14-36(20-28(45)46)15-13-35(11-9-33)19-27(43)44/h26H,1-25,34H2,(H,35,42)(H,36,43)(H,45,46)(H,47,48)(H,49,50);22H,1-21,30H2,(H,31,39)(H,32,38)(H,41,42)(H,43,44)(H,45,46). The fourth-order valence-corrected chi connectivity index (χ4v) is 13.4. The average Bonchev–Trinajstić information content (AvgIpc) is 1.71. The van der Waals surface area contributed by atoms with Crippen molar-refractivity contribution in [2.75, 3.05) is 221 Å². The molecule has 0 aliphatic carbocycles. The number of hydrogen-bond donors (Lipinski definition) is 12. The van der Waals surface area contributed by atoms with Crippen molar-refractivity contribution >= 4 is 107 Å². The molecule has 4 aliphatic heterocycles. The second-order valence-electron chi connectivity index (χ2n) is 24.8. The molecule has 8 amide bonds. The number of rotatable bonds is 42. The molecule has 0 aromatic carbocycles. The molecular formula is C62H108N16O20S2. The van der Waals surface area contributed by atoms with Gasteiger partial charge in [0.25, 0.3) is 0 Å². The molecule has 4 aliphatic rings. The third kappa shape index (κ3) is 39.5. The highest BCUT2D eigenvalue weighted by molar-refractivity contribution is 8.01. The number of unbranched alkanes of at least 4 members (excludes halogenated alkanes) is 6. The highest BCUT2D eigenvalue weighted by Crippen LogP contribution is 2.27. The predicted octanol–water partition coefficient (Wildman–Crippen LogP) is -5.07. The van der Waals surface area contributed by atoms with Gasteiger partial charge in [-0.05, 0) is 57.4 Å². The van der Waals surface area contributed by atoms with E-state index < -0.39 is 58.1 Å². The summed E-state index contributed by atoms with van der Waals surface area (Å²) >= 11 is 2.55. The molecule has 38 heteroatoms. The zero-order valence-corrected chi connectivity index (χ0v) is 59.2. The van der Waals surface area contributed by atoms with Gasteiger partial charge in [0.1, 0.15) is 0 Å². The van der Waals surface area contributed by atoms with Crippen LogP contribution in [0.5, 0.6) is 0 Å². The number of nitrogens with two attached hydrogens (primary N) is 2. The van der Waals surface area contributed by atoms with Gasteiger partial charge in [0.2, 0.25) is 47.3 Å². The van der Waals surface area contributed by atoms with Crippen molar-refractivity contribution in [2.45, 2.75) is 87.5 Å². The van der Waals surface area contributed by atoms with Gasteiger partial charge in [0.15, 0.2) is 0 Å². The number of imide groups is 2. The summed E-state index contributed by atoms with van der Waals surface area (Å²) in [4.78, 5) is 185. The van der Waals surface area contributed by atoms with Crippen molar-refractivity contribution in [3.63, 3.8) is 0 Å². The van der Waals surface area contributed by atoms with Crippen LogP contribution in [0.1, 0.15) is 77.0 Å². The molecule has 0 spiro atoms. The highest BCUT2D eigenvalue weighted by Gasteiger charge is 2.40. The van der Waals surface area contributed by atoms with Crippen LogP contribution in [0.3, 0.4) is 0 Å². The van der Waals surface area contributed by atoms with Gasteiger partial charge in [-0.1, -0.05) is 19.3 Å². The highest BCUT2D eigenvalue weighted by atomic mass is 32.2. The van der Waals surface area contributed by atoms with Crippen molar-refractivity contribution in [1.82, 2.24) is 70.3 Å². The van der Waals surface area contributed by atoms with E-state index in [1.807, 2.05) is 0 Å². The van der Waals surface area contributed by atoms with Gasteiger partial charge in [-0.2, -0.15) is 0 Å². The molecule has 2 atom stereocenters. The summed E-state index contributed by atoms with van der Waals surface area (Å²) < 4.78 is 0. The van der Waals surface area contributed by atoms with Crippen LogP contribution in [0, 0.1) is 0 Å². The molecule has 4 rings (SSSR count). The van der Waals surface area contributed by atoms with Crippen LogP contribution in [0.2, 0.25) is 0 Å². The molecule has 568 valence electrons. The van der Waals surface area contributed by atoms with E-state index in [-0.39, 0.29) is 224 Å². The number of carboxylic acids is 6. The molecule has 0 radical (unpaired) electrons. The molecule has 0 saturated carbocycles. The Bertz CT molecular complexity index is 2580. The van der Waals surface area contributed by atoms with E-state index in [0.29, 0.717) is 51.4 Å². The number of nitrogens with zero attached hydrogens (tertiary/aromatic N) is 10. The Morgan fingerprint density at radius 3 is 0.930 bits per heavy atom. The molecular weight excluding hydrogens is 1350 g/mol. The number of aliphatic carboxylic acids is 6. The third-order valence-corrected chi connectivity index (χ3v) is 19.2. The molecule has 4 fully saturated rings. The summed E-state index contributed by atoms with van der Waals surface area (Å²) in [6.45, 7) is 5.12. The quantitative estimate of drug-likeness (QED) is 0.0201. The first-order valence-corrected chi connectivity index (χ1v) is 36.3. The molecule has 2 unspecified atom stereocenters. The molecule has 4 saturated heterocycles. The minimum absolute atomic E-state index is 0.0144. The Hall–Kier alpha value is -6.72. The smallest absolute Gasteiger partial charge is 0.317 e. The van der Waals surface area contributed by atoms with E-state index in [1.165, 1.54) is 16.7 Å². The summed E-state index contributed by atoms with van der Waals surface area (Å²) in [7, 11) is 0. The lowest BCUT2D eigenvalue weighted by Gasteiger charge is -2.32. The number of carbonyl (C=O) groups is 14. The number of thioether (sulfide) groups is 2. The minimum atomic E-state index is -1.05. The van der Waals surface area contributed by atoms with E-state index in [1.54, 1.807) is 39.2 Å². The lowest BCUT2D eigenvalue weighted by atomic mass is 10.2. The zero-order chi connectivity index (χ0) is 73.8. The predicted molar refractivity (Wildman–Crippen MR) is 369 cm³/mol. The summed E-state index contributed by atoms with van der Waals surface area (Å²) in [6, 6.07) is 0. The minimum Gasteiger partial charge on any atom is -0.480 e. The molecule has 100 heavy (non-hydrogen) atoms. The van der Waals surface area contributed by atoms with Crippen LogP contribution in [0.25, 0.3) is 0 Å². The topological polar surface area (TPSA) is 493 Å². The Labute approximate surface area is 592 Å². The van der Waals surface area contributed by atoms with Gasteiger partial charge in [-0.3, -0.25) is 116 Å². The van der Waals surface area contributed by atoms with E-state index in [9.17, 15) is 97.8 Å². The van der Waals surface area contributed by atoms with Crippen molar-refractivity contribution < 1.29 is 97.8 Å². The van der Waals surface area contributed by atoms with Gasteiger partial charge < -0.3 is 63.4 Å². The maximum Gasteiger partial charge on any atom is 0.317 e. The maximum absolute atomic E-state index is 13.0. The van der Waals surface area contributed by atoms with Crippen LogP contribution >= 0.6 is 23.5 Å². The normalized spacial score (nSPS) is 19.1. The van der Waals surface area contributed by atoms with E-state index in [0.717, 1.165) is 74.4 Å². The van der Waals surface area contributed by atoms with Gasteiger partial charge in [-0.25, -0.2) is 0 Å². The molecule has 36 nitrogen and oxygen atoms in total. The average molecular weight is 1460 g/mol. The largest absolute Gasteiger partial charge is 0.480 e. The summed E-state index contributed by atoms with van der Waals surface area (Å²) in [5, 5.41) is 66.2. The van der Waals surface area contributed by atoms with Crippen LogP contribution in [0.4, 0.5) is 0 Å². The Morgan fingerprint density at radius 2 is 0.620 bits per heavy atom. The number of carbonyl (C=O) groups excluding carboxylic acids is 8. The van der Waals surface area contributed by atoms with E-state index >= 15 is 0 Å². The fraction of sp³-hybridized carbons (Fsp3) is 0.774. The number of nitrogens with one attached hydrogen (secondary N) is 4. The number of carboxylic acid groups (broad SMARTS) is 6. The molecule has 0 aromatic rings. The Morgan fingerprint density at radius 1 is 0.340 bits per heavy atom. The lowest BCUT2D eigenvalue weighted by Crippen LogP contribution is -2.50. The zero-order valence-electron chi connectivity index (χ0n) is 57.5. The lowest BCUT2D eigenvalue weighted by molar-refractivity contribution is -0.140. The number of amides is 8. The molecule has 14 N–H and O–H groups in total. The number of hydrogen-bond acceptors (Lipinski definition) is 26. The van der Waals surface area contributed by atoms with Gasteiger partial charge >= 0.3 is 35.8 Å². The van der Waals surface area contributed by atoms with Gasteiger partial charge in [0.05, 0.1) is 68.6 Å². The maximum atomic E-state index is 13.0. The summed E-state index contributed by atoms with van der Waals surface area (Å²) in [6.07, 6.45) is 8.44. The van der Waals surface area contributed by atoms with Crippen molar-refractivity contribution in [3.05, 3.63) is 0 Å². The first-order valence-electron chi connectivity index (χ1n) is 34.2. The second-order valence-corrected chi connectivity index (χ2v) is 27.3. The van der Waals surface area contributed by atoms with Crippen LogP contribution < -0.4 is 32.7 Å². The monoisotopic (exact) mass is 1460 g/mol. The van der Waals surface area contributed by atoms with E-state index in [4.69, 9.17) is 11.5 Å². The molecule has 4 heterocycles. The Kier molecular flexibility index (Phi) is 44.3. The summed E-state index contributed by atoms with van der Waals surface area (Å²) in [5.74, 6) is -7.79. The molecule has 0 bridgehead atoms. The van der Waals surface area contributed by atoms with Crippen LogP contribution in [0.15, 0.2) is 0 Å². The fourth-order valence-electron chi connectivity index (χ4n) is 11.2. The Balaban J connectivity index is 0.000000522. The summed E-state index contributed by atoms with van der Waals surface area (Å²) in [5.41, 5.74) is 10.9. The second kappa shape index (κ2) is 50.6. The van der Waals surface area contributed by atoms with Crippen LogP contribution in [-0.4, -0.2) is 394 Å². The van der Waals surface area contributed by atoms with Crippen molar-refractivity contribution in [3.8, 4) is 0 Å². The number of likely N-dealkylation sites (tertiary alicyclic amines) is 2. The first kappa shape index (κ1) is 87.5. The SMILES string of the molecule is NCCCCCNC(=O)CCCCCSC1CC(=O)N(CCNC(=O)CN2CCN(CC(=O)O)CCN(CC(=O)O)CCN(CC(=O)O)CC2)C1=O.NCCCCCNC(=O)CSC1CC(=O)N(CCNC(=O)CN2CCN(CC(=O)O)CCN(CC(=O)O)CCN(CC(=O)O)CC2)C1=O. The van der Waals surface area contributed by atoms with Gasteiger partial charge in [0, 0.05) is 163 Å². The van der Waals surface area contributed by atoms with Gasteiger partial charge in [-0.15, -0.1) is 23.5 Å². The third-order valence-electron chi connectivity index (χ3n) is 16.7. The van der Waals surface area contributed by atoms with E-state index in [2.05, 4.69) is 21.3 Å². The molecule has 0 aromatic heterocycles. The van der Waals surface area contributed by atoms with Crippen molar-refractivity contribution in [1.29, 1.82) is 0 Å². The van der Waals surface area contributed by atoms with Crippen molar-refractivity contribution in [2.24, 2.45) is 11.5 Å². The first-order chi connectivity index (χ1) is 47.7.